The van der Waals surface area contributed by atoms with Crippen molar-refractivity contribution in [3.63, 3.8) is 0 Å². The summed E-state index contributed by atoms with van der Waals surface area (Å²) >= 11 is 0. The molecular weight excluding hydrogens is 250 g/mol. The molecule has 0 aromatic heterocycles. The molecule has 0 bridgehead atoms. The Bertz CT molecular complexity index is 539. The quantitative estimate of drug-likeness (QED) is 0.849. The third-order valence-electron chi connectivity index (χ3n) is 3.42. The van der Waals surface area contributed by atoms with Crippen LogP contribution in [0.4, 0.5) is 0 Å². The first-order valence-corrected chi connectivity index (χ1v) is 6.64. The van der Waals surface area contributed by atoms with E-state index in [0.717, 1.165) is 11.1 Å². The predicted molar refractivity (Wildman–Crippen MR) is 79.0 cm³/mol. The van der Waals surface area contributed by atoms with Gasteiger partial charge in [0.15, 0.2) is 0 Å². The molecule has 0 saturated carbocycles. The molecule has 0 unspecified atom stereocenters. The van der Waals surface area contributed by atoms with Crippen LogP contribution in [0, 0.1) is 5.92 Å². The first kappa shape index (κ1) is 14.3. The number of esters is 1. The highest BCUT2D eigenvalue weighted by Crippen LogP contribution is 2.24. The van der Waals surface area contributed by atoms with Gasteiger partial charge in [-0.1, -0.05) is 60.7 Å². The minimum absolute atomic E-state index is 0.273. The van der Waals surface area contributed by atoms with Crippen LogP contribution in [0.5, 0.6) is 0 Å². The van der Waals surface area contributed by atoms with Crippen LogP contribution in [0.1, 0.15) is 17.2 Å². The number of rotatable bonds is 5. The van der Waals surface area contributed by atoms with E-state index in [1.54, 1.807) is 0 Å². The fraction of sp³-hybridized carbons (Fsp3) is 0.235. The van der Waals surface area contributed by atoms with E-state index in [4.69, 9.17) is 10.5 Å². The first-order valence-electron chi connectivity index (χ1n) is 6.64. The maximum Gasteiger partial charge on any atom is 0.310 e. The van der Waals surface area contributed by atoms with Crippen molar-refractivity contribution < 1.29 is 9.53 Å². The lowest BCUT2D eigenvalue weighted by Gasteiger charge is -2.22. The standard InChI is InChI=1S/C17H19NO2/c1-20-17(19)15(12-13-8-4-2-5-9-13)16(18)14-10-6-3-7-11-14/h2-11,15-16H,12,18H2,1H3/t15-,16+/m0/s1. The lowest BCUT2D eigenvalue weighted by Crippen LogP contribution is -2.31. The second-order valence-corrected chi connectivity index (χ2v) is 4.76. The van der Waals surface area contributed by atoms with Gasteiger partial charge in [-0.25, -0.2) is 0 Å². The molecule has 2 atom stereocenters. The summed E-state index contributed by atoms with van der Waals surface area (Å²) in [7, 11) is 1.40. The fourth-order valence-electron chi connectivity index (χ4n) is 2.28. The van der Waals surface area contributed by atoms with E-state index in [0.29, 0.717) is 6.42 Å². The molecule has 0 aliphatic rings. The Balaban J connectivity index is 2.22. The smallest absolute Gasteiger partial charge is 0.310 e. The second-order valence-electron chi connectivity index (χ2n) is 4.76. The van der Waals surface area contributed by atoms with Crippen LogP contribution >= 0.6 is 0 Å². The molecular formula is C17H19NO2. The SMILES string of the molecule is COC(=O)[C@@H](Cc1ccccc1)[C@H](N)c1ccccc1. The summed E-state index contributed by atoms with van der Waals surface area (Å²) in [6.07, 6.45) is 0.573. The van der Waals surface area contributed by atoms with Crippen LogP contribution < -0.4 is 5.73 Å². The first-order chi connectivity index (χ1) is 9.72. The van der Waals surface area contributed by atoms with Gasteiger partial charge in [-0.15, -0.1) is 0 Å². The monoisotopic (exact) mass is 269 g/mol. The second kappa shape index (κ2) is 6.87. The van der Waals surface area contributed by atoms with Gasteiger partial charge in [-0.2, -0.15) is 0 Å². The average molecular weight is 269 g/mol. The lowest BCUT2D eigenvalue weighted by molar-refractivity contribution is -0.146. The fourth-order valence-corrected chi connectivity index (χ4v) is 2.28. The zero-order valence-corrected chi connectivity index (χ0v) is 11.5. The largest absolute Gasteiger partial charge is 0.469 e. The van der Waals surface area contributed by atoms with Gasteiger partial charge >= 0.3 is 5.97 Å². The Morgan fingerprint density at radius 3 is 2.15 bits per heavy atom. The highest BCUT2D eigenvalue weighted by atomic mass is 16.5. The Morgan fingerprint density at radius 2 is 1.60 bits per heavy atom. The topological polar surface area (TPSA) is 52.3 Å². The number of nitrogens with two attached hydrogens (primary N) is 1. The number of hydrogen-bond donors (Lipinski definition) is 1. The maximum atomic E-state index is 12.0. The molecule has 0 radical (unpaired) electrons. The van der Waals surface area contributed by atoms with Crippen LogP contribution in [-0.4, -0.2) is 13.1 Å². The number of benzene rings is 2. The zero-order chi connectivity index (χ0) is 14.4. The van der Waals surface area contributed by atoms with Crippen molar-refractivity contribution in [1.82, 2.24) is 0 Å². The van der Waals surface area contributed by atoms with E-state index in [1.165, 1.54) is 7.11 Å². The Morgan fingerprint density at radius 1 is 1.05 bits per heavy atom. The molecule has 0 amide bonds. The molecule has 2 rings (SSSR count). The van der Waals surface area contributed by atoms with Gasteiger partial charge < -0.3 is 10.5 Å². The summed E-state index contributed by atoms with van der Waals surface area (Å²) in [5.41, 5.74) is 8.28. The van der Waals surface area contributed by atoms with Crippen molar-refractivity contribution in [2.75, 3.05) is 7.11 Å². The van der Waals surface area contributed by atoms with E-state index in [9.17, 15) is 4.79 Å². The maximum absolute atomic E-state index is 12.0. The van der Waals surface area contributed by atoms with Gasteiger partial charge in [0.1, 0.15) is 0 Å². The number of hydrogen-bond acceptors (Lipinski definition) is 3. The van der Waals surface area contributed by atoms with Crippen molar-refractivity contribution in [2.45, 2.75) is 12.5 Å². The molecule has 0 saturated heterocycles. The number of ether oxygens (including phenoxy) is 1. The van der Waals surface area contributed by atoms with Gasteiger partial charge in [0.05, 0.1) is 13.0 Å². The molecule has 0 heterocycles. The van der Waals surface area contributed by atoms with E-state index in [2.05, 4.69) is 0 Å². The summed E-state index contributed by atoms with van der Waals surface area (Å²) in [5, 5.41) is 0. The van der Waals surface area contributed by atoms with Gasteiger partial charge in [0.2, 0.25) is 0 Å². The van der Waals surface area contributed by atoms with E-state index < -0.39 is 0 Å². The van der Waals surface area contributed by atoms with Crippen molar-refractivity contribution in [2.24, 2.45) is 11.7 Å². The predicted octanol–water partition coefficient (Wildman–Crippen LogP) is 2.72. The molecule has 2 aromatic rings. The van der Waals surface area contributed by atoms with Crippen LogP contribution in [0.25, 0.3) is 0 Å². The normalized spacial score (nSPS) is 13.5. The van der Waals surface area contributed by atoms with Crippen LogP contribution in [0.15, 0.2) is 60.7 Å². The molecule has 3 heteroatoms. The third kappa shape index (κ3) is 3.45. The molecule has 0 aliphatic carbocycles. The van der Waals surface area contributed by atoms with Gasteiger partial charge in [0, 0.05) is 6.04 Å². The molecule has 2 N–H and O–H groups in total. The number of methoxy groups -OCH3 is 1. The molecule has 2 aromatic carbocycles. The molecule has 0 fully saturated rings. The third-order valence-corrected chi connectivity index (χ3v) is 3.42. The van der Waals surface area contributed by atoms with Gasteiger partial charge in [0.25, 0.3) is 0 Å². The van der Waals surface area contributed by atoms with Crippen molar-refractivity contribution in [3.05, 3.63) is 71.8 Å². The zero-order valence-electron chi connectivity index (χ0n) is 11.5. The Kier molecular flexibility index (Phi) is 4.91. The van der Waals surface area contributed by atoms with Crippen LogP contribution in [-0.2, 0) is 16.0 Å². The summed E-state index contributed by atoms with van der Waals surface area (Å²) in [6.45, 7) is 0. The van der Waals surface area contributed by atoms with Gasteiger partial charge in [-0.3, -0.25) is 4.79 Å². The lowest BCUT2D eigenvalue weighted by atomic mass is 9.88. The highest BCUT2D eigenvalue weighted by Gasteiger charge is 2.27. The van der Waals surface area contributed by atoms with Crippen LogP contribution in [0.3, 0.4) is 0 Å². The molecule has 20 heavy (non-hydrogen) atoms. The molecule has 0 aliphatic heterocycles. The molecule has 104 valence electrons. The summed E-state index contributed by atoms with van der Waals surface area (Å²) in [4.78, 5) is 12.0. The van der Waals surface area contributed by atoms with E-state index in [1.807, 2.05) is 60.7 Å². The van der Waals surface area contributed by atoms with Crippen molar-refractivity contribution in [3.8, 4) is 0 Å². The Hall–Kier alpha value is -2.13. The highest BCUT2D eigenvalue weighted by molar-refractivity contribution is 5.74. The van der Waals surface area contributed by atoms with E-state index in [-0.39, 0.29) is 17.9 Å². The molecule has 3 nitrogen and oxygen atoms in total. The van der Waals surface area contributed by atoms with Gasteiger partial charge in [-0.05, 0) is 17.5 Å². The van der Waals surface area contributed by atoms with Crippen molar-refractivity contribution in [1.29, 1.82) is 0 Å². The summed E-state index contributed by atoms with van der Waals surface area (Å²) in [5.74, 6) is -0.657. The van der Waals surface area contributed by atoms with Crippen LogP contribution in [0.2, 0.25) is 0 Å². The number of carbonyl (C=O) groups excluding carboxylic acids is 1. The Labute approximate surface area is 119 Å². The minimum atomic E-state index is -0.384. The average Bonchev–Trinajstić information content (AvgIpc) is 2.53. The van der Waals surface area contributed by atoms with Crippen molar-refractivity contribution >= 4 is 5.97 Å². The number of carbonyl (C=O) groups is 1. The summed E-state index contributed by atoms with van der Waals surface area (Å²) in [6, 6.07) is 19.1. The van der Waals surface area contributed by atoms with E-state index >= 15 is 0 Å². The summed E-state index contributed by atoms with van der Waals surface area (Å²) < 4.78 is 4.91. The molecule has 0 spiro atoms. The minimum Gasteiger partial charge on any atom is -0.469 e.